The Labute approximate surface area is 108 Å². The summed E-state index contributed by atoms with van der Waals surface area (Å²) in [6.07, 6.45) is 1.53. The quantitative estimate of drug-likeness (QED) is 0.830. The molecule has 2 rings (SSSR count). The van der Waals surface area contributed by atoms with E-state index in [-0.39, 0.29) is 5.69 Å². The van der Waals surface area contributed by atoms with Gasteiger partial charge in [-0.05, 0) is 25.1 Å². The zero-order chi connectivity index (χ0) is 13.8. The number of nitrogens with zero attached hydrogens (tertiary/aromatic N) is 1. The molecule has 0 unspecified atom stereocenters. The molecule has 1 aromatic heterocycles. The lowest BCUT2D eigenvalue weighted by molar-refractivity contribution is 0.449. The molecule has 1 aromatic carbocycles. The molecule has 0 aliphatic rings. The maximum Gasteiger partial charge on any atom is 0.196 e. The van der Waals surface area contributed by atoms with Gasteiger partial charge < -0.3 is 10.6 Å². The molecule has 0 amide bonds. The molecule has 0 saturated heterocycles. The van der Waals surface area contributed by atoms with Crippen LogP contribution in [0.1, 0.15) is 6.92 Å². The number of nitrogens with one attached hydrogen (secondary N) is 2. The van der Waals surface area contributed by atoms with Crippen LogP contribution in [-0.4, -0.2) is 11.5 Å². The van der Waals surface area contributed by atoms with Gasteiger partial charge in [0.1, 0.15) is 5.82 Å². The first kappa shape index (κ1) is 13.2. The Balaban J connectivity index is 2.26. The van der Waals surface area contributed by atoms with Crippen molar-refractivity contribution in [2.75, 3.05) is 17.2 Å². The van der Waals surface area contributed by atoms with Crippen molar-refractivity contribution in [3.63, 3.8) is 0 Å². The Morgan fingerprint density at radius 1 is 1.11 bits per heavy atom. The van der Waals surface area contributed by atoms with E-state index in [2.05, 4.69) is 15.6 Å². The van der Waals surface area contributed by atoms with Gasteiger partial charge in [-0.2, -0.15) is 0 Å². The summed E-state index contributed by atoms with van der Waals surface area (Å²) in [4.78, 5) is 4.05. The summed E-state index contributed by atoms with van der Waals surface area (Å²) in [6.45, 7) is 2.60. The number of hydrogen-bond donors (Lipinski definition) is 2. The van der Waals surface area contributed by atoms with E-state index < -0.39 is 17.5 Å². The molecular weight excluding hydrogens is 255 g/mol. The number of benzene rings is 1. The number of anilines is 3. The van der Waals surface area contributed by atoms with Crippen LogP contribution < -0.4 is 10.6 Å². The first-order valence-corrected chi connectivity index (χ1v) is 5.72. The molecule has 1 heterocycles. The molecule has 6 heteroatoms. The summed E-state index contributed by atoms with van der Waals surface area (Å²) in [5, 5.41) is 5.67. The molecule has 19 heavy (non-hydrogen) atoms. The van der Waals surface area contributed by atoms with E-state index in [9.17, 15) is 13.2 Å². The summed E-state index contributed by atoms with van der Waals surface area (Å²) in [5.74, 6) is -3.35. The van der Waals surface area contributed by atoms with Crippen molar-refractivity contribution >= 4 is 17.2 Å². The normalized spacial score (nSPS) is 10.3. The van der Waals surface area contributed by atoms with Gasteiger partial charge in [0.15, 0.2) is 17.5 Å². The Morgan fingerprint density at radius 3 is 2.63 bits per heavy atom. The van der Waals surface area contributed by atoms with Crippen molar-refractivity contribution in [2.24, 2.45) is 0 Å². The van der Waals surface area contributed by atoms with Crippen LogP contribution in [0.5, 0.6) is 0 Å². The summed E-state index contributed by atoms with van der Waals surface area (Å²) in [6, 6.07) is 5.25. The number of hydrogen-bond acceptors (Lipinski definition) is 3. The van der Waals surface area contributed by atoms with Crippen LogP contribution in [0, 0.1) is 17.5 Å². The highest BCUT2D eigenvalue weighted by molar-refractivity contribution is 5.63. The molecule has 0 saturated carbocycles. The SMILES string of the molecule is CCNc1cc(Nc2ccc(F)c(F)c2F)ccn1. The van der Waals surface area contributed by atoms with E-state index in [0.29, 0.717) is 18.1 Å². The van der Waals surface area contributed by atoms with E-state index in [1.807, 2.05) is 6.92 Å². The highest BCUT2D eigenvalue weighted by atomic mass is 19.2. The highest BCUT2D eigenvalue weighted by Gasteiger charge is 2.13. The third-order valence-electron chi connectivity index (χ3n) is 2.43. The Bertz CT molecular complexity index is 587. The van der Waals surface area contributed by atoms with Crippen LogP contribution in [-0.2, 0) is 0 Å². The zero-order valence-corrected chi connectivity index (χ0v) is 10.2. The molecule has 0 atom stereocenters. The second kappa shape index (κ2) is 5.60. The largest absolute Gasteiger partial charge is 0.370 e. The van der Waals surface area contributed by atoms with Crippen LogP contribution in [0.4, 0.5) is 30.4 Å². The first-order valence-electron chi connectivity index (χ1n) is 5.72. The fourth-order valence-corrected chi connectivity index (χ4v) is 1.56. The average molecular weight is 267 g/mol. The minimum Gasteiger partial charge on any atom is -0.370 e. The van der Waals surface area contributed by atoms with Gasteiger partial charge in [0.2, 0.25) is 0 Å². The summed E-state index contributed by atoms with van der Waals surface area (Å²) < 4.78 is 39.4. The van der Waals surface area contributed by atoms with Gasteiger partial charge in [-0.25, -0.2) is 18.2 Å². The molecule has 3 nitrogen and oxygen atoms in total. The summed E-state index contributed by atoms with van der Waals surface area (Å²) in [5.41, 5.74) is 0.392. The van der Waals surface area contributed by atoms with E-state index in [4.69, 9.17) is 0 Å². The van der Waals surface area contributed by atoms with Gasteiger partial charge in [0.05, 0.1) is 5.69 Å². The summed E-state index contributed by atoms with van der Waals surface area (Å²) >= 11 is 0. The maximum atomic E-state index is 13.5. The Hall–Kier alpha value is -2.24. The molecule has 2 N–H and O–H groups in total. The van der Waals surface area contributed by atoms with Gasteiger partial charge in [-0.1, -0.05) is 0 Å². The Kier molecular flexibility index (Phi) is 3.89. The van der Waals surface area contributed by atoms with Crippen molar-refractivity contribution in [3.8, 4) is 0 Å². The first-order chi connectivity index (χ1) is 9.11. The molecule has 0 bridgehead atoms. The van der Waals surface area contributed by atoms with Crippen LogP contribution in [0.25, 0.3) is 0 Å². The van der Waals surface area contributed by atoms with Crippen molar-refractivity contribution < 1.29 is 13.2 Å². The standard InChI is InChI=1S/C13H12F3N3/c1-2-17-11-7-8(5-6-18-11)19-10-4-3-9(14)12(15)13(10)16/h3-7H,2H2,1H3,(H2,17,18,19). The van der Waals surface area contributed by atoms with Gasteiger partial charge in [-0.3, -0.25) is 0 Å². The van der Waals surface area contributed by atoms with Gasteiger partial charge in [0, 0.05) is 24.5 Å². The van der Waals surface area contributed by atoms with Crippen LogP contribution in [0.15, 0.2) is 30.5 Å². The molecule has 0 fully saturated rings. The minimum absolute atomic E-state index is 0.132. The number of halogens is 3. The van der Waals surface area contributed by atoms with E-state index >= 15 is 0 Å². The molecule has 0 spiro atoms. The van der Waals surface area contributed by atoms with Crippen molar-refractivity contribution in [1.29, 1.82) is 0 Å². The molecule has 0 radical (unpaired) electrons. The fourth-order valence-electron chi connectivity index (χ4n) is 1.56. The monoisotopic (exact) mass is 267 g/mol. The van der Waals surface area contributed by atoms with E-state index in [1.165, 1.54) is 6.20 Å². The van der Waals surface area contributed by atoms with Crippen LogP contribution >= 0.6 is 0 Å². The van der Waals surface area contributed by atoms with Crippen molar-refractivity contribution in [3.05, 3.63) is 47.9 Å². The lowest BCUT2D eigenvalue weighted by Crippen LogP contribution is -2.01. The van der Waals surface area contributed by atoms with Crippen molar-refractivity contribution in [2.45, 2.75) is 6.92 Å². The smallest absolute Gasteiger partial charge is 0.196 e. The van der Waals surface area contributed by atoms with Gasteiger partial charge in [-0.15, -0.1) is 0 Å². The number of aromatic nitrogens is 1. The lowest BCUT2D eigenvalue weighted by Gasteiger charge is -2.10. The molecule has 2 aromatic rings. The van der Waals surface area contributed by atoms with E-state index in [1.54, 1.807) is 12.1 Å². The topological polar surface area (TPSA) is 37.0 Å². The molecular formula is C13H12F3N3. The van der Waals surface area contributed by atoms with Crippen LogP contribution in [0.3, 0.4) is 0 Å². The van der Waals surface area contributed by atoms with E-state index in [0.717, 1.165) is 12.1 Å². The minimum atomic E-state index is -1.49. The zero-order valence-electron chi connectivity index (χ0n) is 10.2. The predicted molar refractivity (Wildman–Crippen MR) is 68.0 cm³/mol. The van der Waals surface area contributed by atoms with Crippen LogP contribution in [0.2, 0.25) is 0 Å². The highest BCUT2D eigenvalue weighted by Crippen LogP contribution is 2.24. The summed E-state index contributed by atoms with van der Waals surface area (Å²) in [7, 11) is 0. The predicted octanol–water partition coefficient (Wildman–Crippen LogP) is 3.67. The van der Waals surface area contributed by atoms with Gasteiger partial charge >= 0.3 is 0 Å². The second-order valence-corrected chi connectivity index (χ2v) is 3.81. The average Bonchev–Trinajstić information content (AvgIpc) is 2.40. The van der Waals surface area contributed by atoms with Gasteiger partial charge in [0.25, 0.3) is 0 Å². The number of pyridine rings is 1. The molecule has 0 aliphatic carbocycles. The lowest BCUT2D eigenvalue weighted by atomic mass is 10.2. The third kappa shape index (κ3) is 2.96. The molecule has 100 valence electrons. The number of rotatable bonds is 4. The third-order valence-corrected chi connectivity index (χ3v) is 2.43. The second-order valence-electron chi connectivity index (χ2n) is 3.81. The molecule has 0 aliphatic heterocycles. The van der Waals surface area contributed by atoms with Crippen molar-refractivity contribution in [1.82, 2.24) is 4.98 Å². The maximum absolute atomic E-state index is 13.5. The Morgan fingerprint density at radius 2 is 1.89 bits per heavy atom. The fraction of sp³-hybridized carbons (Fsp3) is 0.154.